The highest BCUT2D eigenvalue weighted by molar-refractivity contribution is 5.93. The van der Waals surface area contributed by atoms with Gasteiger partial charge >= 0.3 is 0 Å². The van der Waals surface area contributed by atoms with Crippen molar-refractivity contribution in [3.05, 3.63) is 33.9 Å². The van der Waals surface area contributed by atoms with Gasteiger partial charge in [-0.1, -0.05) is 0 Å². The average molecular weight is 301 g/mol. The van der Waals surface area contributed by atoms with E-state index in [9.17, 15) is 23.7 Å². The lowest BCUT2D eigenvalue weighted by Crippen LogP contribution is -2.37. The predicted octanol–water partition coefficient (Wildman–Crippen LogP) is 2.59. The van der Waals surface area contributed by atoms with Gasteiger partial charge in [-0.25, -0.2) is 8.78 Å². The van der Waals surface area contributed by atoms with Crippen LogP contribution in [0.5, 0.6) is 0 Å². The topological polar surface area (TPSA) is 84.3 Å². The molecule has 1 amide bonds. The summed E-state index contributed by atoms with van der Waals surface area (Å²) >= 11 is 0. The largest absolute Gasteiger partial charge is 0.318 e. The molecule has 0 heterocycles. The summed E-state index contributed by atoms with van der Waals surface area (Å²) < 4.78 is 26.5. The zero-order valence-electron chi connectivity index (χ0n) is 12.0. The van der Waals surface area contributed by atoms with Crippen LogP contribution in [-0.2, 0) is 4.79 Å². The Morgan fingerprint density at radius 2 is 1.95 bits per heavy atom. The maximum Gasteiger partial charge on any atom is 0.298 e. The van der Waals surface area contributed by atoms with Crippen LogP contribution in [0.4, 0.5) is 20.2 Å². The van der Waals surface area contributed by atoms with Crippen molar-refractivity contribution in [2.45, 2.75) is 32.7 Å². The summed E-state index contributed by atoms with van der Waals surface area (Å²) in [6.45, 7) is 6.06. The minimum Gasteiger partial charge on any atom is -0.318 e. The van der Waals surface area contributed by atoms with Crippen LogP contribution in [0.2, 0.25) is 0 Å². The van der Waals surface area contributed by atoms with Gasteiger partial charge in [0.15, 0.2) is 11.5 Å². The molecule has 116 valence electrons. The highest BCUT2D eigenvalue weighted by Crippen LogP contribution is 2.28. The van der Waals surface area contributed by atoms with E-state index in [-0.39, 0.29) is 12.0 Å². The minimum atomic E-state index is -1.18. The Bertz CT molecular complexity index is 556. The molecule has 0 radical (unpaired) electrons. The number of benzene rings is 1. The van der Waals surface area contributed by atoms with E-state index >= 15 is 0 Å². The quantitative estimate of drug-likeness (QED) is 0.646. The van der Waals surface area contributed by atoms with Crippen LogP contribution >= 0.6 is 0 Å². The van der Waals surface area contributed by atoms with Crippen molar-refractivity contribution >= 4 is 17.3 Å². The van der Waals surface area contributed by atoms with Gasteiger partial charge in [-0.05, 0) is 20.8 Å². The third-order valence-corrected chi connectivity index (χ3v) is 2.50. The first-order valence-electron chi connectivity index (χ1n) is 6.28. The van der Waals surface area contributed by atoms with Crippen molar-refractivity contribution < 1.29 is 18.5 Å². The molecular weight excluding hydrogens is 284 g/mol. The van der Waals surface area contributed by atoms with E-state index in [1.54, 1.807) is 0 Å². The van der Waals surface area contributed by atoms with Gasteiger partial charge in [0.1, 0.15) is 5.82 Å². The molecule has 0 saturated carbocycles. The fourth-order valence-electron chi connectivity index (χ4n) is 1.58. The van der Waals surface area contributed by atoms with Gasteiger partial charge in [-0.2, -0.15) is 0 Å². The first-order chi connectivity index (χ1) is 9.60. The zero-order chi connectivity index (χ0) is 16.2. The van der Waals surface area contributed by atoms with Crippen molar-refractivity contribution in [2.24, 2.45) is 0 Å². The Morgan fingerprint density at radius 1 is 1.33 bits per heavy atom. The number of halogens is 2. The molecule has 21 heavy (non-hydrogen) atoms. The second-order valence-electron chi connectivity index (χ2n) is 5.51. The second-order valence-corrected chi connectivity index (χ2v) is 5.51. The lowest BCUT2D eigenvalue weighted by molar-refractivity contribution is -0.384. The highest BCUT2D eigenvalue weighted by Gasteiger charge is 2.22. The number of rotatable bonds is 5. The van der Waals surface area contributed by atoms with Crippen LogP contribution in [0.15, 0.2) is 12.1 Å². The number of hydrogen-bond acceptors (Lipinski definition) is 4. The zero-order valence-corrected chi connectivity index (χ0v) is 12.0. The molecule has 8 heteroatoms. The first-order valence-corrected chi connectivity index (χ1v) is 6.28. The molecule has 1 aromatic carbocycles. The maximum atomic E-state index is 13.6. The normalized spacial score (nSPS) is 11.3. The van der Waals surface area contributed by atoms with Gasteiger partial charge in [0.2, 0.25) is 5.91 Å². The fourth-order valence-corrected chi connectivity index (χ4v) is 1.58. The summed E-state index contributed by atoms with van der Waals surface area (Å²) in [7, 11) is 0. The Hall–Kier alpha value is -2.09. The van der Waals surface area contributed by atoms with Gasteiger partial charge in [0, 0.05) is 24.6 Å². The molecule has 0 saturated heterocycles. The van der Waals surface area contributed by atoms with E-state index in [0.29, 0.717) is 18.7 Å². The van der Waals surface area contributed by atoms with Gasteiger partial charge < -0.3 is 10.6 Å². The molecule has 1 aromatic rings. The number of amides is 1. The molecule has 0 aliphatic carbocycles. The number of nitrogens with one attached hydrogen (secondary N) is 2. The van der Waals surface area contributed by atoms with Gasteiger partial charge in [0.25, 0.3) is 5.69 Å². The molecule has 0 atom stereocenters. The fraction of sp³-hybridized carbons (Fsp3) is 0.462. The number of anilines is 1. The molecular formula is C13H17F2N3O3. The van der Waals surface area contributed by atoms with Gasteiger partial charge in [-0.3, -0.25) is 14.9 Å². The van der Waals surface area contributed by atoms with E-state index in [4.69, 9.17) is 0 Å². The smallest absolute Gasteiger partial charge is 0.298 e. The molecule has 0 aliphatic heterocycles. The molecule has 6 nitrogen and oxygen atoms in total. The number of nitro benzene ring substituents is 1. The van der Waals surface area contributed by atoms with Crippen molar-refractivity contribution in [2.75, 3.05) is 11.9 Å². The van der Waals surface area contributed by atoms with Crippen LogP contribution in [0.1, 0.15) is 27.2 Å². The average Bonchev–Trinajstić information content (AvgIpc) is 2.30. The number of nitro groups is 1. The maximum absolute atomic E-state index is 13.6. The molecule has 0 unspecified atom stereocenters. The van der Waals surface area contributed by atoms with E-state index in [0.717, 1.165) is 0 Å². The van der Waals surface area contributed by atoms with Gasteiger partial charge in [-0.15, -0.1) is 0 Å². The number of hydrogen-bond donors (Lipinski definition) is 2. The summed E-state index contributed by atoms with van der Waals surface area (Å²) in [6.07, 6.45) is 0.00520. The number of nitrogens with zero attached hydrogens (tertiary/aromatic N) is 1. The van der Waals surface area contributed by atoms with Crippen LogP contribution in [0.25, 0.3) is 0 Å². The van der Waals surface area contributed by atoms with E-state index < -0.39 is 33.8 Å². The van der Waals surface area contributed by atoms with Crippen molar-refractivity contribution in [1.29, 1.82) is 0 Å². The Balaban J connectivity index is 2.79. The Kier molecular flexibility index (Phi) is 5.31. The van der Waals surface area contributed by atoms with Crippen molar-refractivity contribution in [3.8, 4) is 0 Å². The van der Waals surface area contributed by atoms with E-state index in [1.165, 1.54) is 0 Å². The van der Waals surface area contributed by atoms with E-state index in [2.05, 4.69) is 10.6 Å². The third-order valence-electron chi connectivity index (χ3n) is 2.50. The lowest BCUT2D eigenvalue weighted by atomic mass is 10.1. The van der Waals surface area contributed by atoms with Crippen molar-refractivity contribution in [1.82, 2.24) is 5.32 Å². The summed E-state index contributed by atoms with van der Waals surface area (Å²) in [6, 6.07) is 1.04. The third kappa shape index (κ3) is 5.42. The van der Waals surface area contributed by atoms with Crippen LogP contribution in [0, 0.1) is 21.7 Å². The molecule has 0 aromatic heterocycles. The van der Waals surface area contributed by atoms with E-state index in [1.807, 2.05) is 20.8 Å². The monoisotopic (exact) mass is 301 g/mol. The van der Waals surface area contributed by atoms with Crippen LogP contribution in [0.3, 0.4) is 0 Å². The van der Waals surface area contributed by atoms with Crippen LogP contribution < -0.4 is 10.6 Å². The Morgan fingerprint density at radius 3 is 2.48 bits per heavy atom. The first kappa shape index (κ1) is 17.0. The second kappa shape index (κ2) is 6.57. The van der Waals surface area contributed by atoms with Gasteiger partial charge in [0.05, 0.1) is 11.0 Å². The molecule has 2 N–H and O–H groups in total. The summed E-state index contributed by atoms with van der Waals surface area (Å²) in [4.78, 5) is 21.5. The summed E-state index contributed by atoms with van der Waals surface area (Å²) in [5.74, 6) is -2.86. The number of carbonyl (C=O) groups is 1. The van der Waals surface area contributed by atoms with Crippen molar-refractivity contribution in [3.63, 3.8) is 0 Å². The lowest BCUT2D eigenvalue weighted by Gasteiger charge is -2.20. The predicted molar refractivity (Wildman–Crippen MR) is 74.0 cm³/mol. The molecule has 0 aliphatic rings. The molecule has 0 bridgehead atoms. The molecule has 0 fully saturated rings. The highest BCUT2D eigenvalue weighted by atomic mass is 19.1. The minimum absolute atomic E-state index is 0.00520. The summed E-state index contributed by atoms with van der Waals surface area (Å²) in [5, 5.41) is 15.9. The molecule has 0 spiro atoms. The number of carbonyl (C=O) groups excluding carboxylic acids is 1. The Labute approximate surface area is 120 Å². The SMILES string of the molecule is CC(C)(C)NCCC(=O)Nc1c(F)cc(F)cc1[N+](=O)[O-]. The summed E-state index contributed by atoms with van der Waals surface area (Å²) in [5.41, 5.74) is -1.63. The standard InChI is InChI=1S/C13H17F2N3O3/c1-13(2,3)16-5-4-11(19)17-12-9(15)6-8(14)7-10(12)18(20)21/h6-7,16H,4-5H2,1-3H3,(H,17,19). The van der Waals surface area contributed by atoms with Crippen LogP contribution in [-0.4, -0.2) is 22.9 Å². The molecule has 1 rings (SSSR count).